The lowest BCUT2D eigenvalue weighted by Gasteiger charge is -2.13. The van der Waals surface area contributed by atoms with Crippen molar-refractivity contribution in [3.05, 3.63) is 76.8 Å². The summed E-state index contributed by atoms with van der Waals surface area (Å²) in [6, 6.07) is 17.7. The molecule has 156 valence electrons. The fraction of sp³-hybridized carbons (Fsp3) is 0.0500. The lowest BCUT2D eigenvalue weighted by atomic mass is 10.3. The molecule has 0 aromatic heterocycles. The quantitative estimate of drug-likeness (QED) is 0.397. The molecule has 0 aliphatic rings. The topological polar surface area (TPSA) is 79.5 Å². The molecule has 0 saturated heterocycles. The number of hydrogen-bond acceptors (Lipinski definition) is 4. The molecule has 0 spiro atoms. The van der Waals surface area contributed by atoms with Crippen molar-refractivity contribution in [2.75, 3.05) is 22.5 Å². The highest BCUT2D eigenvalue weighted by atomic mass is 35.5. The van der Waals surface area contributed by atoms with Gasteiger partial charge in [0.15, 0.2) is 5.11 Å². The van der Waals surface area contributed by atoms with E-state index < -0.39 is 10.0 Å². The third kappa shape index (κ3) is 5.76. The molecule has 10 heteroatoms. The average Bonchev–Trinajstić information content (AvgIpc) is 2.71. The number of nitrogens with one attached hydrogen (secondary N) is 3. The molecule has 0 aliphatic carbocycles. The van der Waals surface area contributed by atoms with Gasteiger partial charge in [0.1, 0.15) is 5.75 Å². The van der Waals surface area contributed by atoms with Gasteiger partial charge in [0.2, 0.25) is 0 Å². The van der Waals surface area contributed by atoms with Crippen molar-refractivity contribution in [2.45, 2.75) is 4.90 Å². The second kappa shape index (κ2) is 9.53. The summed E-state index contributed by atoms with van der Waals surface area (Å²) in [6.45, 7) is 0. The second-order valence-corrected chi connectivity index (χ2v) is 9.00. The van der Waals surface area contributed by atoms with Crippen LogP contribution in [0.5, 0.6) is 5.75 Å². The van der Waals surface area contributed by atoms with Gasteiger partial charge in [0.05, 0.1) is 22.7 Å². The zero-order chi connectivity index (χ0) is 21.7. The van der Waals surface area contributed by atoms with E-state index in [9.17, 15) is 8.42 Å². The highest BCUT2D eigenvalue weighted by molar-refractivity contribution is 7.92. The molecule has 0 saturated carbocycles. The van der Waals surface area contributed by atoms with Gasteiger partial charge in [-0.25, -0.2) is 8.42 Å². The minimum atomic E-state index is -3.74. The molecule has 30 heavy (non-hydrogen) atoms. The monoisotopic (exact) mass is 481 g/mol. The third-order valence-electron chi connectivity index (χ3n) is 3.94. The van der Waals surface area contributed by atoms with E-state index in [0.717, 1.165) is 0 Å². The van der Waals surface area contributed by atoms with Crippen molar-refractivity contribution in [2.24, 2.45) is 0 Å². The van der Waals surface area contributed by atoms with Gasteiger partial charge in [-0.1, -0.05) is 23.2 Å². The first-order valence-corrected chi connectivity index (χ1v) is 11.2. The van der Waals surface area contributed by atoms with E-state index in [1.54, 1.807) is 61.7 Å². The number of ether oxygens (including phenoxy) is 1. The molecule has 0 bridgehead atoms. The Morgan fingerprint density at radius 1 is 0.900 bits per heavy atom. The van der Waals surface area contributed by atoms with Gasteiger partial charge in [-0.05, 0) is 78.9 Å². The van der Waals surface area contributed by atoms with E-state index in [4.69, 9.17) is 40.2 Å². The summed E-state index contributed by atoms with van der Waals surface area (Å²) in [5, 5.41) is 7.18. The summed E-state index contributed by atoms with van der Waals surface area (Å²) < 4.78 is 32.7. The number of benzene rings is 3. The Bertz CT molecular complexity index is 1150. The fourth-order valence-electron chi connectivity index (χ4n) is 2.47. The Balaban J connectivity index is 1.66. The van der Waals surface area contributed by atoms with Gasteiger partial charge in [0.25, 0.3) is 10.0 Å². The number of methoxy groups -OCH3 is 1. The Kier molecular flexibility index (Phi) is 7.04. The largest absolute Gasteiger partial charge is 0.497 e. The minimum absolute atomic E-state index is 0.112. The zero-order valence-corrected chi connectivity index (χ0v) is 18.8. The minimum Gasteiger partial charge on any atom is -0.497 e. The number of hydrogen-bond donors (Lipinski definition) is 3. The van der Waals surface area contributed by atoms with Crippen LogP contribution in [0, 0.1) is 0 Å². The summed E-state index contributed by atoms with van der Waals surface area (Å²) in [7, 11) is -2.20. The molecule has 3 N–H and O–H groups in total. The summed E-state index contributed by atoms with van der Waals surface area (Å²) in [6.07, 6.45) is 0. The molecule has 0 unspecified atom stereocenters. The second-order valence-electron chi connectivity index (χ2n) is 6.06. The van der Waals surface area contributed by atoms with Gasteiger partial charge in [0, 0.05) is 16.4 Å². The molecule has 0 radical (unpaired) electrons. The zero-order valence-electron chi connectivity index (χ0n) is 15.6. The summed E-state index contributed by atoms with van der Waals surface area (Å²) in [5.41, 5.74) is 1.60. The summed E-state index contributed by atoms with van der Waals surface area (Å²) >= 11 is 17.3. The number of thiocarbonyl (C=S) groups is 1. The van der Waals surface area contributed by atoms with Gasteiger partial charge >= 0.3 is 0 Å². The molecule has 0 amide bonds. The van der Waals surface area contributed by atoms with Gasteiger partial charge in [-0.2, -0.15) is 0 Å². The molecule has 0 heterocycles. The molecular weight excluding hydrogens is 465 g/mol. The standard InChI is InChI=1S/C20H17Cl2N3O3S2/c1-28-16-7-3-15(4-8-16)25-30(26,27)17-9-5-14(6-10-17)23-20(29)24-19-12-13(21)2-11-18(19)22/h2-12,25H,1H3,(H2,23,24,29). The van der Waals surface area contributed by atoms with Crippen LogP contribution < -0.4 is 20.1 Å². The Labute approximate surface area is 190 Å². The van der Waals surface area contributed by atoms with Crippen molar-refractivity contribution in [3.63, 3.8) is 0 Å². The number of sulfonamides is 1. The lowest BCUT2D eigenvalue weighted by Crippen LogP contribution is -2.19. The first kappa shape index (κ1) is 22.2. The predicted molar refractivity (Wildman–Crippen MR) is 127 cm³/mol. The predicted octanol–water partition coefficient (Wildman–Crippen LogP) is 5.61. The van der Waals surface area contributed by atoms with Crippen molar-refractivity contribution in [1.29, 1.82) is 0 Å². The SMILES string of the molecule is COc1ccc(NS(=O)(=O)c2ccc(NC(=S)Nc3cc(Cl)ccc3Cl)cc2)cc1. The smallest absolute Gasteiger partial charge is 0.261 e. The molecule has 6 nitrogen and oxygen atoms in total. The van der Waals surface area contributed by atoms with E-state index in [1.807, 2.05) is 0 Å². The maximum absolute atomic E-state index is 12.6. The van der Waals surface area contributed by atoms with Crippen LogP contribution in [0.4, 0.5) is 17.1 Å². The Morgan fingerprint density at radius 2 is 1.53 bits per heavy atom. The fourth-order valence-corrected chi connectivity index (χ4v) is 4.09. The van der Waals surface area contributed by atoms with Crippen LogP contribution in [0.15, 0.2) is 71.6 Å². The van der Waals surface area contributed by atoms with E-state index in [1.165, 1.54) is 12.1 Å². The molecule has 0 aliphatic heterocycles. The van der Waals surface area contributed by atoms with Crippen LogP contribution in [0.1, 0.15) is 0 Å². The number of anilines is 3. The maximum atomic E-state index is 12.6. The van der Waals surface area contributed by atoms with E-state index >= 15 is 0 Å². The molecule has 0 atom stereocenters. The van der Waals surface area contributed by atoms with Crippen LogP contribution in [-0.2, 0) is 10.0 Å². The first-order valence-electron chi connectivity index (χ1n) is 8.57. The lowest BCUT2D eigenvalue weighted by molar-refractivity contribution is 0.415. The van der Waals surface area contributed by atoms with Gasteiger partial charge in [-0.3, -0.25) is 4.72 Å². The molecule has 3 rings (SSSR count). The molecular formula is C20H17Cl2N3O3S2. The Hall–Kier alpha value is -2.52. The normalized spacial score (nSPS) is 10.9. The Morgan fingerprint density at radius 3 is 2.17 bits per heavy atom. The highest BCUT2D eigenvalue weighted by Gasteiger charge is 2.14. The van der Waals surface area contributed by atoms with Crippen molar-refractivity contribution < 1.29 is 13.2 Å². The van der Waals surface area contributed by atoms with Gasteiger partial charge in [-0.15, -0.1) is 0 Å². The number of rotatable bonds is 6. The van der Waals surface area contributed by atoms with Crippen molar-refractivity contribution in [1.82, 2.24) is 0 Å². The molecule has 3 aromatic carbocycles. The summed E-state index contributed by atoms with van der Waals surface area (Å²) in [4.78, 5) is 0.112. The van der Waals surface area contributed by atoms with E-state index in [2.05, 4.69) is 15.4 Å². The van der Waals surface area contributed by atoms with E-state index in [0.29, 0.717) is 32.9 Å². The van der Waals surface area contributed by atoms with Crippen molar-refractivity contribution >= 4 is 67.6 Å². The van der Waals surface area contributed by atoms with Crippen LogP contribution in [-0.4, -0.2) is 20.6 Å². The van der Waals surface area contributed by atoms with Crippen molar-refractivity contribution in [3.8, 4) is 5.75 Å². The average molecular weight is 482 g/mol. The maximum Gasteiger partial charge on any atom is 0.261 e. The van der Waals surface area contributed by atoms with Crippen LogP contribution >= 0.6 is 35.4 Å². The first-order chi connectivity index (χ1) is 14.3. The molecule has 3 aromatic rings. The van der Waals surface area contributed by atoms with Crippen LogP contribution in [0.2, 0.25) is 10.0 Å². The third-order valence-corrected chi connectivity index (χ3v) is 6.11. The number of halogens is 2. The van der Waals surface area contributed by atoms with Crippen LogP contribution in [0.3, 0.4) is 0 Å². The van der Waals surface area contributed by atoms with Gasteiger partial charge < -0.3 is 15.4 Å². The highest BCUT2D eigenvalue weighted by Crippen LogP contribution is 2.26. The summed E-state index contributed by atoms with van der Waals surface area (Å²) in [5.74, 6) is 0.636. The van der Waals surface area contributed by atoms with Crippen LogP contribution in [0.25, 0.3) is 0 Å². The molecule has 0 fully saturated rings. The van der Waals surface area contributed by atoms with E-state index in [-0.39, 0.29) is 10.0 Å².